The highest BCUT2D eigenvalue weighted by atomic mass is 32.1. The van der Waals surface area contributed by atoms with Crippen molar-refractivity contribution in [2.45, 2.75) is 0 Å². The van der Waals surface area contributed by atoms with Gasteiger partial charge in [0.2, 0.25) is 0 Å². The van der Waals surface area contributed by atoms with Gasteiger partial charge in [0.1, 0.15) is 0 Å². The van der Waals surface area contributed by atoms with E-state index >= 15 is 0 Å². The smallest absolute Gasteiger partial charge is 0.261 e. The molecular weight excluding hydrogens is 364 g/mol. The average molecular weight is 380 g/mol. The molecule has 2 aliphatic heterocycles. The maximum Gasteiger partial charge on any atom is 0.261 e. The third-order valence-corrected chi connectivity index (χ3v) is 6.07. The highest BCUT2D eigenvalue weighted by molar-refractivity contribution is 7.11. The van der Waals surface area contributed by atoms with Gasteiger partial charge in [-0.15, -0.1) is 35.8 Å². The van der Waals surface area contributed by atoms with Crippen LogP contribution in [0.1, 0.15) is 9.75 Å². The minimum Gasteiger partial charge on any atom is -0.302 e. The van der Waals surface area contributed by atoms with Crippen molar-refractivity contribution in [3.8, 4) is 0 Å². The number of rotatable bonds is 6. The molecule has 0 aromatic carbocycles. The van der Waals surface area contributed by atoms with Crippen LogP contribution in [0.4, 0.5) is 0 Å². The molecule has 0 unspecified atom stereocenters. The van der Waals surface area contributed by atoms with Crippen LogP contribution < -0.4 is 0 Å². The Hall–Kier alpha value is -2.70. The third kappa shape index (κ3) is 2.34. The number of carbonyl (C=O) groups excluding carboxylic acids is 2. The number of thiophene rings is 2. The Bertz CT molecular complexity index is 885. The molecular formula is C20H16N2O2S2. The third-order valence-electron chi connectivity index (χ3n) is 4.31. The van der Waals surface area contributed by atoms with E-state index in [2.05, 4.69) is 13.2 Å². The molecule has 2 aliphatic rings. The molecule has 4 heterocycles. The maximum absolute atomic E-state index is 13.3. The summed E-state index contributed by atoms with van der Waals surface area (Å²) < 4.78 is 0. The highest BCUT2D eigenvalue weighted by Crippen LogP contribution is 2.47. The lowest BCUT2D eigenvalue weighted by atomic mass is 10.1. The fourth-order valence-electron chi connectivity index (χ4n) is 3.34. The van der Waals surface area contributed by atoms with Crippen LogP contribution >= 0.6 is 22.7 Å². The summed E-state index contributed by atoms with van der Waals surface area (Å²) >= 11 is 3.04. The van der Waals surface area contributed by atoms with Crippen molar-refractivity contribution in [1.29, 1.82) is 0 Å². The number of amides is 2. The van der Waals surface area contributed by atoms with Gasteiger partial charge in [-0.05, 0) is 22.9 Å². The van der Waals surface area contributed by atoms with E-state index in [1.807, 2.05) is 35.0 Å². The predicted molar refractivity (Wildman–Crippen MR) is 106 cm³/mol. The van der Waals surface area contributed by atoms with E-state index in [-0.39, 0.29) is 11.8 Å². The van der Waals surface area contributed by atoms with Gasteiger partial charge in [0, 0.05) is 13.1 Å². The lowest BCUT2D eigenvalue weighted by Gasteiger charge is -2.22. The van der Waals surface area contributed by atoms with Gasteiger partial charge in [-0.3, -0.25) is 9.59 Å². The van der Waals surface area contributed by atoms with E-state index in [1.165, 1.54) is 22.7 Å². The normalized spacial score (nSPS) is 16.8. The molecule has 2 amide bonds. The summed E-state index contributed by atoms with van der Waals surface area (Å²) in [5.41, 5.74) is 2.35. The summed E-state index contributed by atoms with van der Waals surface area (Å²) in [4.78, 5) is 31.7. The summed E-state index contributed by atoms with van der Waals surface area (Å²) in [6, 6.07) is 7.72. The van der Waals surface area contributed by atoms with Crippen LogP contribution in [0.15, 0.2) is 71.5 Å². The molecule has 26 heavy (non-hydrogen) atoms. The zero-order valence-electron chi connectivity index (χ0n) is 14.0. The Morgan fingerprint density at radius 1 is 0.808 bits per heavy atom. The molecule has 0 saturated carbocycles. The monoisotopic (exact) mass is 380 g/mol. The van der Waals surface area contributed by atoms with Gasteiger partial charge >= 0.3 is 0 Å². The van der Waals surface area contributed by atoms with Gasteiger partial charge in [-0.2, -0.15) is 0 Å². The fraction of sp³-hybridized carbons (Fsp3) is 0.100. The van der Waals surface area contributed by atoms with Crippen LogP contribution in [0.25, 0.3) is 11.4 Å². The molecule has 130 valence electrons. The van der Waals surface area contributed by atoms with Crippen LogP contribution in [-0.4, -0.2) is 34.7 Å². The van der Waals surface area contributed by atoms with Crippen molar-refractivity contribution in [3.05, 3.63) is 81.2 Å². The molecule has 0 spiro atoms. The number of fused-ring (bicyclic) bond motifs is 1. The van der Waals surface area contributed by atoms with Crippen molar-refractivity contribution in [2.24, 2.45) is 0 Å². The first kappa shape index (κ1) is 16.8. The second kappa shape index (κ2) is 6.55. The number of hydrogen-bond acceptors (Lipinski definition) is 4. The van der Waals surface area contributed by atoms with E-state index in [0.717, 1.165) is 9.75 Å². The Morgan fingerprint density at radius 2 is 1.23 bits per heavy atom. The van der Waals surface area contributed by atoms with Crippen LogP contribution in [0.5, 0.6) is 0 Å². The molecule has 2 aromatic rings. The first-order chi connectivity index (χ1) is 12.7. The van der Waals surface area contributed by atoms with E-state index < -0.39 is 0 Å². The van der Waals surface area contributed by atoms with Gasteiger partial charge in [-0.25, -0.2) is 0 Å². The van der Waals surface area contributed by atoms with Crippen LogP contribution in [0.3, 0.4) is 0 Å². The SMILES string of the molecule is C=CCN1C(=O)C2=C(c3cccs3)N(CC=C)C(=O)C2=C1c1cccs1. The van der Waals surface area contributed by atoms with Crippen molar-refractivity contribution < 1.29 is 9.59 Å². The van der Waals surface area contributed by atoms with Crippen molar-refractivity contribution >= 4 is 45.9 Å². The second-order valence-electron chi connectivity index (χ2n) is 5.81. The van der Waals surface area contributed by atoms with E-state index in [0.29, 0.717) is 35.6 Å². The summed E-state index contributed by atoms with van der Waals surface area (Å²) in [6.45, 7) is 8.26. The van der Waals surface area contributed by atoms with Crippen molar-refractivity contribution in [2.75, 3.05) is 13.1 Å². The van der Waals surface area contributed by atoms with Gasteiger partial charge in [0.25, 0.3) is 11.8 Å². The van der Waals surface area contributed by atoms with E-state index in [9.17, 15) is 9.59 Å². The summed E-state index contributed by atoms with van der Waals surface area (Å²) in [5.74, 6) is -0.293. The standard InChI is InChI=1S/C20H16N2O2S2/c1-3-9-21-17(13-7-5-11-25-13)15-16(19(21)23)18(14-8-6-12-26-14)22(10-4-2)20(15)24/h3-8,11-12H,1-2,9-10H2. The molecule has 2 aromatic heterocycles. The quantitative estimate of drug-likeness (QED) is 0.711. The predicted octanol–water partition coefficient (Wildman–Crippen LogP) is 3.99. The average Bonchev–Trinajstić information content (AvgIpc) is 3.39. The Balaban J connectivity index is 2.01. The highest BCUT2D eigenvalue weighted by Gasteiger charge is 2.48. The minimum atomic E-state index is -0.147. The number of hydrogen-bond donors (Lipinski definition) is 0. The molecule has 0 atom stereocenters. The Kier molecular flexibility index (Phi) is 4.22. The Morgan fingerprint density at radius 3 is 1.54 bits per heavy atom. The lowest BCUT2D eigenvalue weighted by Crippen LogP contribution is -2.29. The maximum atomic E-state index is 13.3. The summed E-state index contributed by atoms with van der Waals surface area (Å²) in [7, 11) is 0. The lowest BCUT2D eigenvalue weighted by molar-refractivity contribution is -0.123. The zero-order valence-corrected chi connectivity index (χ0v) is 15.6. The topological polar surface area (TPSA) is 40.6 Å². The molecule has 0 bridgehead atoms. The molecule has 4 nitrogen and oxygen atoms in total. The molecule has 0 radical (unpaired) electrons. The summed E-state index contributed by atoms with van der Waals surface area (Å²) in [5, 5.41) is 3.89. The molecule has 0 saturated heterocycles. The fourth-order valence-corrected chi connectivity index (χ4v) is 4.91. The molecule has 0 aliphatic carbocycles. The first-order valence-electron chi connectivity index (χ1n) is 8.11. The first-order valence-corrected chi connectivity index (χ1v) is 9.87. The van der Waals surface area contributed by atoms with Crippen molar-refractivity contribution in [3.63, 3.8) is 0 Å². The number of nitrogens with zero attached hydrogens (tertiary/aromatic N) is 2. The Labute approximate surface area is 159 Å². The molecule has 6 heteroatoms. The van der Waals surface area contributed by atoms with Crippen LogP contribution in [0, 0.1) is 0 Å². The number of carbonyl (C=O) groups is 2. The summed E-state index contributed by atoms with van der Waals surface area (Å²) in [6.07, 6.45) is 3.37. The van der Waals surface area contributed by atoms with E-state index in [1.54, 1.807) is 22.0 Å². The van der Waals surface area contributed by atoms with Gasteiger partial charge in [0.15, 0.2) is 0 Å². The van der Waals surface area contributed by atoms with E-state index in [4.69, 9.17) is 0 Å². The largest absolute Gasteiger partial charge is 0.302 e. The van der Waals surface area contributed by atoms with Crippen LogP contribution in [0.2, 0.25) is 0 Å². The van der Waals surface area contributed by atoms with Gasteiger partial charge in [0.05, 0.1) is 32.3 Å². The van der Waals surface area contributed by atoms with Gasteiger partial charge < -0.3 is 9.80 Å². The second-order valence-corrected chi connectivity index (χ2v) is 7.71. The zero-order chi connectivity index (χ0) is 18.3. The van der Waals surface area contributed by atoms with Crippen molar-refractivity contribution in [1.82, 2.24) is 9.80 Å². The van der Waals surface area contributed by atoms with Crippen LogP contribution in [-0.2, 0) is 9.59 Å². The molecule has 0 fully saturated rings. The molecule has 0 N–H and O–H groups in total. The minimum absolute atomic E-state index is 0.147. The van der Waals surface area contributed by atoms with Gasteiger partial charge in [-0.1, -0.05) is 24.3 Å². The molecule has 4 rings (SSSR count).